The lowest BCUT2D eigenvalue weighted by Crippen LogP contribution is -2.23. The highest BCUT2D eigenvalue weighted by Gasteiger charge is 2.26. The number of aliphatic hydroxyl groups is 1. The Kier molecular flexibility index (Phi) is 3.58. The van der Waals surface area contributed by atoms with Gasteiger partial charge in [0.05, 0.1) is 13.3 Å². The standard InChI is InChI=1S/C16H19NO2/c1-11-5-12(2)7-13(6-11)16(3,18)14-8-15(19-4)10-17-9-14/h5-10,18H,1-4H3. The first kappa shape index (κ1) is 13.6. The number of nitrogens with zero attached hydrogens (tertiary/aromatic N) is 1. The molecule has 1 atom stereocenters. The summed E-state index contributed by atoms with van der Waals surface area (Å²) in [5.74, 6) is 0.641. The van der Waals surface area contributed by atoms with Crippen molar-refractivity contribution in [3.05, 3.63) is 58.9 Å². The molecular formula is C16H19NO2. The fourth-order valence-corrected chi connectivity index (χ4v) is 2.22. The van der Waals surface area contributed by atoms with Crippen LogP contribution in [0.3, 0.4) is 0 Å². The number of methoxy groups -OCH3 is 1. The minimum atomic E-state index is -1.08. The Morgan fingerprint density at radius 3 is 2.21 bits per heavy atom. The lowest BCUT2D eigenvalue weighted by atomic mass is 9.87. The second-order valence-electron chi connectivity index (χ2n) is 5.06. The molecule has 19 heavy (non-hydrogen) atoms. The molecule has 3 nitrogen and oxygen atoms in total. The Morgan fingerprint density at radius 2 is 1.63 bits per heavy atom. The van der Waals surface area contributed by atoms with Gasteiger partial charge in [-0.1, -0.05) is 29.3 Å². The van der Waals surface area contributed by atoms with Crippen LogP contribution in [0.25, 0.3) is 0 Å². The van der Waals surface area contributed by atoms with E-state index in [9.17, 15) is 5.11 Å². The number of aromatic nitrogens is 1. The highest BCUT2D eigenvalue weighted by Crippen LogP contribution is 2.31. The number of benzene rings is 1. The molecule has 3 heteroatoms. The molecule has 1 N–H and O–H groups in total. The summed E-state index contributed by atoms with van der Waals surface area (Å²) < 4.78 is 5.16. The van der Waals surface area contributed by atoms with Crippen LogP contribution in [0.1, 0.15) is 29.2 Å². The highest BCUT2D eigenvalue weighted by molar-refractivity contribution is 5.40. The molecule has 0 bridgehead atoms. The summed E-state index contributed by atoms with van der Waals surface area (Å²) in [7, 11) is 1.59. The minimum Gasteiger partial charge on any atom is -0.495 e. The van der Waals surface area contributed by atoms with Crippen molar-refractivity contribution in [3.8, 4) is 5.75 Å². The first-order valence-electron chi connectivity index (χ1n) is 6.24. The maximum absolute atomic E-state index is 10.8. The van der Waals surface area contributed by atoms with Crippen molar-refractivity contribution >= 4 is 0 Å². The molecule has 100 valence electrons. The lowest BCUT2D eigenvalue weighted by Gasteiger charge is -2.25. The Balaban J connectivity index is 2.50. The lowest BCUT2D eigenvalue weighted by molar-refractivity contribution is 0.101. The molecule has 0 aliphatic heterocycles. The Labute approximate surface area is 113 Å². The molecule has 0 saturated heterocycles. The van der Waals surface area contributed by atoms with E-state index >= 15 is 0 Å². The van der Waals surface area contributed by atoms with Crippen LogP contribution < -0.4 is 4.74 Å². The predicted molar refractivity (Wildman–Crippen MR) is 75.4 cm³/mol. The third kappa shape index (κ3) is 2.76. The number of aryl methyl sites for hydroxylation is 2. The summed E-state index contributed by atoms with van der Waals surface area (Å²) in [5, 5.41) is 10.8. The van der Waals surface area contributed by atoms with Gasteiger partial charge in [0, 0.05) is 11.8 Å². The van der Waals surface area contributed by atoms with E-state index in [1.54, 1.807) is 26.4 Å². The molecule has 1 aromatic heterocycles. The van der Waals surface area contributed by atoms with Crippen molar-refractivity contribution in [2.45, 2.75) is 26.4 Å². The summed E-state index contributed by atoms with van der Waals surface area (Å²) >= 11 is 0. The Hall–Kier alpha value is -1.87. The van der Waals surface area contributed by atoms with Crippen molar-refractivity contribution in [1.82, 2.24) is 4.98 Å². The molecule has 0 aliphatic rings. The van der Waals surface area contributed by atoms with E-state index in [-0.39, 0.29) is 0 Å². The van der Waals surface area contributed by atoms with E-state index in [0.717, 1.165) is 22.3 Å². The summed E-state index contributed by atoms with van der Waals surface area (Å²) in [6.07, 6.45) is 3.29. The minimum absolute atomic E-state index is 0.641. The van der Waals surface area contributed by atoms with Crippen LogP contribution in [0.4, 0.5) is 0 Å². The largest absolute Gasteiger partial charge is 0.495 e. The topological polar surface area (TPSA) is 42.4 Å². The summed E-state index contributed by atoms with van der Waals surface area (Å²) in [4.78, 5) is 4.11. The van der Waals surface area contributed by atoms with Gasteiger partial charge in [-0.3, -0.25) is 4.98 Å². The molecule has 0 spiro atoms. The summed E-state index contributed by atoms with van der Waals surface area (Å²) in [6.45, 7) is 5.82. The van der Waals surface area contributed by atoms with Crippen molar-refractivity contribution < 1.29 is 9.84 Å². The monoisotopic (exact) mass is 257 g/mol. The van der Waals surface area contributed by atoms with Crippen LogP contribution in [0, 0.1) is 13.8 Å². The number of hydrogen-bond donors (Lipinski definition) is 1. The number of rotatable bonds is 3. The van der Waals surface area contributed by atoms with Gasteiger partial charge in [-0.25, -0.2) is 0 Å². The third-order valence-electron chi connectivity index (χ3n) is 3.29. The fraction of sp³-hybridized carbons (Fsp3) is 0.312. The predicted octanol–water partition coefficient (Wildman–Crippen LogP) is 2.96. The van der Waals surface area contributed by atoms with Gasteiger partial charge in [0.15, 0.2) is 0 Å². The molecule has 0 amide bonds. The smallest absolute Gasteiger partial charge is 0.137 e. The fourth-order valence-electron chi connectivity index (χ4n) is 2.22. The van der Waals surface area contributed by atoms with Gasteiger partial charge < -0.3 is 9.84 Å². The van der Waals surface area contributed by atoms with Gasteiger partial charge in [0.25, 0.3) is 0 Å². The zero-order valence-corrected chi connectivity index (χ0v) is 11.8. The van der Waals surface area contributed by atoms with Crippen molar-refractivity contribution in [2.24, 2.45) is 0 Å². The number of hydrogen-bond acceptors (Lipinski definition) is 3. The van der Waals surface area contributed by atoms with Crippen LogP contribution in [0.2, 0.25) is 0 Å². The van der Waals surface area contributed by atoms with Crippen LogP contribution >= 0.6 is 0 Å². The van der Waals surface area contributed by atoms with Crippen molar-refractivity contribution in [2.75, 3.05) is 7.11 Å². The van der Waals surface area contributed by atoms with Gasteiger partial charge in [-0.2, -0.15) is 0 Å². The van der Waals surface area contributed by atoms with E-state index in [4.69, 9.17) is 4.74 Å². The van der Waals surface area contributed by atoms with Gasteiger partial charge in [-0.15, -0.1) is 0 Å². The summed E-state index contributed by atoms with van der Waals surface area (Å²) in [6, 6.07) is 7.88. The SMILES string of the molecule is COc1cncc(C(C)(O)c2cc(C)cc(C)c2)c1. The molecule has 2 aromatic rings. The van der Waals surface area contributed by atoms with Crippen molar-refractivity contribution in [1.29, 1.82) is 0 Å². The maximum Gasteiger partial charge on any atom is 0.137 e. The molecule has 1 aromatic carbocycles. The second kappa shape index (κ2) is 5.02. The van der Waals surface area contributed by atoms with Crippen LogP contribution in [0.5, 0.6) is 5.75 Å². The highest BCUT2D eigenvalue weighted by atomic mass is 16.5. The zero-order chi connectivity index (χ0) is 14.0. The quantitative estimate of drug-likeness (QED) is 0.919. The normalized spacial score (nSPS) is 13.9. The van der Waals surface area contributed by atoms with E-state index in [2.05, 4.69) is 11.1 Å². The van der Waals surface area contributed by atoms with Crippen LogP contribution in [-0.4, -0.2) is 17.2 Å². The van der Waals surface area contributed by atoms with E-state index in [1.165, 1.54) is 0 Å². The van der Waals surface area contributed by atoms with E-state index in [0.29, 0.717) is 5.75 Å². The second-order valence-corrected chi connectivity index (χ2v) is 5.06. The first-order chi connectivity index (χ1) is 8.93. The number of ether oxygens (including phenoxy) is 1. The molecular weight excluding hydrogens is 238 g/mol. The molecule has 0 aliphatic carbocycles. The van der Waals surface area contributed by atoms with E-state index < -0.39 is 5.60 Å². The van der Waals surface area contributed by atoms with Gasteiger partial charge in [0.2, 0.25) is 0 Å². The van der Waals surface area contributed by atoms with Gasteiger partial charge in [-0.05, 0) is 32.4 Å². The summed E-state index contributed by atoms with van der Waals surface area (Å²) in [5.41, 5.74) is 2.76. The molecule has 0 saturated carbocycles. The average molecular weight is 257 g/mol. The van der Waals surface area contributed by atoms with Crippen LogP contribution in [0.15, 0.2) is 36.7 Å². The first-order valence-corrected chi connectivity index (χ1v) is 6.24. The molecule has 2 rings (SSSR count). The number of pyridine rings is 1. The maximum atomic E-state index is 10.8. The van der Waals surface area contributed by atoms with E-state index in [1.807, 2.05) is 32.0 Å². The van der Waals surface area contributed by atoms with Crippen LogP contribution in [-0.2, 0) is 5.60 Å². The Bertz CT molecular complexity index is 571. The van der Waals surface area contributed by atoms with Gasteiger partial charge in [0.1, 0.15) is 11.4 Å². The average Bonchev–Trinajstić information content (AvgIpc) is 2.37. The Morgan fingerprint density at radius 1 is 1.00 bits per heavy atom. The molecule has 0 fully saturated rings. The molecule has 0 radical (unpaired) electrons. The van der Waals surface area contributed by atoms with Gasteiger partial charge >= 0.3 is 0 Å². The molecule has 1 unspecified atom stereocenters. The molecule has 1 heterocycles. The zero-order valence-electron chi connectivity index (χ0n) is 11.8. The van der Waals surface area contributed by atoms with Crippen molar-refractivity contribution in [3.63, 3.8) is 0 Å². The third-order valence-corrected chi connectivity index (χ3v) is 3.29.